The number of hydrogen-bond donors (Lipinski definition) is 0. The number of rotatable bonds is 14. The van der Waals surface area contributed by atoms with Crippen molar-refractivity contribution in [1.82, 2.24) is 0 Å². The fourth-order valence-electron chi connectivity index (χ4n) is 2.37. The smallest absolute Gasteiger partial charge is 0.00886 e. The molecule has 0 amide bonds. The van der Waals surface area contributed by atoms with Crippen LogP contribution in [0.15, 0.2) is 0 Å². The molecule has 2 radical (unpaired) electrons. The van der Waals surface area contributed by atoms with Gasteiger partial charge in [0.25, 0.3) is 0 Å². The summed E-state index contributed by atoms with van der Waals surface area (Å²) in [5.41, 5.74) is 0. The van der Waals surface area contributed by atoms with Crippen molar-refractivity contribution in [3.8, 4) is 11.8 Å². The Morgan fingerprint density at radius 3 is 1.05 bits per heavy atom. The van der Waals surface area contributed by atoms with Gasteiger partial charge in [0.2, 0.25) is 0 Å². The van der Waals surface area contributed by atoms with Gasteiger partial charge in [0.1, 0.15) is 0 Å². The maximum Gasteiger partial charge on any atom is 0.00886 e. The highest BCUT2D eigenvalue weighted by atomic mass is 14.0. The summed E-state index contributed by atoms with van der Waals surface area (Å²) in [4.78, 5) is 0. The maximum atomic E-state index is 3.88. The van der Waals surface area contributed by atoms with Crippen molar-refractivity contribution < 1.29 is 0 Å². The van der Waals surface area contributed by atoms with Gasteiger partial charge in [0, 0.05) is 12.8 Å². The molecule has 0 unspecified atom stereocenters. The standard InChI is InChI=1S/C20H36/c1-3-5-7-9-11-13-15-17-19-20-18-16-14-12-10-8-6-4-2/h1-17,19H2. The Balaban J connectivity index is 3.06. The molecule has 0 nitrogen and oxygen atoms in total. The third kappa shape index (κ3) is 17.6. The second kappa shape index (κ2) is 18.6. The predicted octanol–water partition coefficient (Wildman–Crippen LogP) is 6.90. The molecule has 0 N–H and O–H groups in total. The van der Waals surface area contributed by atoms with Gasteiger partial charge in [-0.05, 0) is 12.8 Å². The lowest BCUT2D eigenvalue weighted by atomic mass is 10.1. The van der Waals surface area contributed by atoms with E-state index in [4.69, 9.17) is 0 Å². The second-order valence-electron chi connectivity index (χ2n) is 5.80. The van der Waals surface area contributed by atoms with Crippen molar-refractivity contribution in [2.24, 2.45) is 0 Å². The van der Waals surface area contributed by atoms with E-state index in [9.17, 15) is 0 Å². The fraction of sp³-hybridized carbons (Fsp3) is 0.800. The Bertz CT molecular complexity index is 218. The van der Waals surface area contributed by atoms with E-state index in [0.717, 1.165) is 25.7 Å². The molecule has 20 heavy (non-hydrogen) atoms. The monoisotopic (exact) mass is 276 g/mol. The first kappa shape index (κ1) is 19.6. The minimum atomic E-state index is 1.09. The van der Waals surface area contributed by atoms with Crippen LogP contribution in [0, 0.1) is 25.7 Å². The topological polar surface area (TPSA) is 0 Å². The van der Waals surface area contributed by atoms with Crippen molar-refractivity contribution in [2.75, 3.05) is 0 Å². The SMILES string of the molecule is [CH2]CCCCCCCC#CCCCCCCCCC[CH2]. The molecule has 0 spiro atoms. The molecule has 0 heterocycles. The lowest BCUT2D eigenvalue weighted by Crippen LogP contribution is -1.80. The zero-order valence-electron chi connectivity index (χ0n) is 13.7. The molecular weight excluding hydrogens is 240 g/mol. The normalized spacial score (nSPS) is 10.3. The highest BCUT2D eigenvalue weighted by Gasteiger charge is 1.90. The first-order valence-electron chi connectivity index (χ1n) is 8.96. The van der Waals surface area contributed by atoms with E-state index in [-0.39, 0.29) is 0 Å². The van der Waals surface area contributed by atoms with Crippen molar-refractivity contribution in [3.05, 3.63) is 13.8 Å². The Morgan fingerprint density at radius 1 is 0.400 bits per heavy atom. The molecule has 0 heteroatoms. The van der Waals surface area contributed by atoms with Crippen LogP contribution < -0.4 is 0 Å². The molecule has 116 valence electrons. The molecule has 0 aliphatic rings. The van der Waals surface area contributed by atoms with Crippen molar-refractivity contribution in [3.63, 3.8) is 0 Å². The van der Waals surface area contributed by atoms with Crippen LogP contribution in [0.25, 0.3) is 0 Å². The van der Waals surface area contributed by atoms with Gasteiger partial charge in [-0.3, -0.25) is 0 Å². The van der Waals surface area contributed by atoms with Crippen LogP contribution in [-0.2, 0) is 0 Å². The van der Waals surface area contributed by atoms with Gasteiger partial charge in [-0.15, -0.1) is 11.8 Å². The third-order valence-corrected chi connectivity index (χ3v) is 3.73. The van der Waals surface area contributed by atoms with Gasteiger partial charge < -0.3 is 0 Å². The molecule has 0 aliphatic heterocycles. The van der Waals surface area contributed by atoms with Crippen LogP contribution in [0.5, 0.6) is 0 Å². The summed E-state index contributed by atoms with van der Waals surface area (Å²) in [5, 5.41) is 0. The molecule has 0 atom stereocenters. The molecule has 0 aliphatic carbocycles. The molecule has 0 bridgehead atoms. The van der Waals surface area contributed by atoms with Crippen LogP contribution in [0.3, 0.4) is 0 Å². The van der Waals surface area contributed by atoms with Crippen molar-refractivity contribution in [1.29, 1.82) is 0 Å². The van der Waals surface area contributed by atoms with Gasteiger partial charge in [-0.2, -0.15) is 0 Å². The van der Waals surface area contributed by atoms with Crippen molar-refractivity contribution >= 4 is 0 Å². The van der Waals surface area contributed by atoms with Crippen LogP contribution in [0.2, 0.25) is 0 Å². The minimum Gasteiger partial charge on any atom is -0.103 e. The van der Waals surface area contributed by atoms with E-state index in [2.05, 4.69) is 25.7 Å². The zero-order chi connectivity index (χ0) is 14.7. The lowest BCUT2D eigenvalue weighted by Gasteiger charge is -1.99. The highest BCUT2D eigenvalue weighted by Crippen LogP contribution is 2.09. The van der Waals surface area contributed by atoms with Crippen LogP contribution >= 0.6 is 0 Å². The van der Waals surface area contributed by atoms with E-state index < -0.39 is 0 Å². The molecule has 0 saturated carbocycles. The summed E-state index contributed by atoms with van der Waals surface area (Å²) >= 11 is 0. The van der Waals surface area contributed by atoms with Gasteiger partial charge in [0.05, 0.1) is 0 Å². The summed E-state index contributed by atoms with van der Waals surface area (Å²) in [6, 6.07) is 0. The lowest BCUT2D eigenvalue weighted by molar-refractivity contribution is 0.585. The quantitative estimate of drug-likeness (QED) is 0.239. The zero-order valence-corrected chi connectivity index (χ0v) is 13.7. The first-order valence-corrected chi connectivity index (χ1v) is 8.96. The van der Waals surface area contributed by atoms with Gasteiger partial charge in [-0.1, -0.05) is 90.9 Å². The Hall–Kier alpha value is -0.440. The van der Waals surface area contributed by atoms with Crippen LogP contribution in [0.1, 0.15) is 103 Å². The van der Waals surface area contributed by atoms with E-state index >= 15 is 0 Å². The first-order chi connectivity index (χ1) is 9.91. The average Bonchev–Trinajstić information content (AvgIpc) is 2.47. The summed E-state index contributed by atoms with van der Waals surface area (Å²) in [6.07, 6.45) is 20.6. The van der Waals surface area contributed by atoms with Crippen molar-refractivity contribution in [2.45, 2.75) is 103 Å². The number of hydrogen-bond acceptors (Lipinski definition) is 0. The molecular formula is C20H36. The predicted molar refractivity (Wildman–Crippen MR) is 92.4 cm³/mol. The highest BCUT2D eigenvalue weighted by molar-refractivity contribution is 4.98. The summed E-state index contributed by atoms with van der Waals surface area (Å²) in [7, 11) is 0. The van der Waals surface area contributed by atoms with Crippen LogP contribution in [0.4, 0.5) is 0 Å². The average molecular weight is 277 g/mol. The van der Waals surface area contributed by atoms with Gasteiger partial charge in [-0.25, -0.2) is 0 Å². The minimum absolute atomic E-state index is 1.09. The molecule has 0 saturated heterocycles. The molecule has 0 aromatic carbocycles. The van der Waals surface area contributed by atoms with E-state index in [1.54, 1.807) is 0 Å². The van der Waals surface area contributed by atoms with Crippen LogP contribution in [-0.4, -0.2) is 0 Å². The summed E-state index contributed by atoms with van der Waals surface area (Å²) in [5.74, 6) is 6.66. The van der Waals surface area contributed by atoms with E-state index in [1.165, 1.54) is 77.0 Å². The molecule has 0 aromatic heterocycles. The second-order valence-corrected chi connectivity index (χ2v) is 5.80. The largest absolute Gasteiger partial charge is 0.103 e. The van der Waals surface area contributed by atoms with Gasteiger partial charge >= 0.3 is 0 Å². The maximum absolute atomic E-state index is 3.88. The Morgan fingerprint density at radius 2 is 0.700 bits per heavy atom. The number of unbranched alkanes of at least 4 members (excludes halogenated alkanes) is 14. The Kier molecular flexibility index (Phi) is 18.2. The third-order valence-electron chi connectivity index (χ3n) is 3.73. The van der Waals surface area contributed by atoms with Gasteiger partial charge in [0.15, 0.2) is 0 Å². The summed E-state index contributed by atoms with van der Waals surface area (Å²) < 4.78 is 0. The molecule has 0 fully saturated rings. The molecule has 0 aromatic rings. The fourth-order valence-corrected chi connectivity index (χ4v) is 2.37. The Labute approximate surface area is 129 Å². The summed E-state index contributed by atoms with van der Waals surface area (Å²) in [6.45, 7) is 7.74. The van der Waals surface area contributed by atoms with E-state index in [1.807, 2.05) is 0 Å². The van der Waals surface area contributed by atoms with E-state index in [0.29, 0.717) is 0 Å². The molecule has 0 rings (SSSR count).